The van der Waals surface area contributed by atoms with E-state index in [0.717, 1.165) is 12.3 Å². The first-order valence-corrected chi connectivity index (χ1v) is 4.29. The third-order valence-electron chi connectivity index (χ3n) is 2.38. The Kier molecular flexibility index (Phi) is 2.35. The predicted molar refractivity (Wildman–Crippen MR) is 42.7 cm³/mol. The summed E-state index contributed by atoms with van der Waals surface area (Å²) in [5, 5.41) is 9.53. The lowest BCUT2D eigenvalue weighted by atomic mass is 10.0. The molecule has 1 N–H and O–H groups in total. The molecular formula is C9H18O. The van der Waals surface area contributed by atoms with Crippen molar-refractivity contribution in [2.24, 2.45) is 17.8 Å². The molecule has 0 aromatic carbocycles. The van der Waals surface area contributed by atoms with Gasteiger partial charge in [-0.2, -0.15) is 0 Å². The fourth-order valence-corrected chi connectivity index (χ4v) is 1.54. The molecule has 3 unspecified atom stereocenters. The van der Waals surface area contributed by atoms with Gasteiger partial charge in [0.25, 0.3) is 0 Å². The first-order valence-electron chi connectivity index (χ1n) is 4.29. The topological polar surface area (TPSA) is 20.2 Å². The van der Waals surface area contributed by atoms with Crippen LogP contribution in [0.15, 0.2) is 0 Å². The predicted octanol–water partition coefficient (Wildman–Crippen LogP) is 2.05. The number of hydrogen-bond acceptors (Lipinski definition) is 1. The Morgan fingerprint density at radius 2 is 2.00 bits per heavy atom. The van der Waals surface area contributed by atoms with Gasteiger partial charge in [-0.3, -0.25) is 0 Å². The summed E-state index contributed by atoms with van der Waals surface area (Å²) in [6, 6.07) is 0. The van der Waals surface area contributed by atoms with Crippen LogP contribution in [0.1, 0.15) is 33.6 Å². The SMILES string of the molecule is CC(C)CC(O)C1CC1C. The van der Waals surface area contributed by atoms with E-state index in [9.17, 15) is 5.11 Å². The standard InChI is InChI=1S/C9H18O/c1-6(2)4-9(10)8-5-7(8)3/h6-10H,4-5H2,1-3H3. The van der Waals surface area contributed by atoms with Crippen LogP contribution in [0, 0.1) is 17.8 Å². The lowest BCUT2D eigenvalue weighted by molar-refractivity contribution is 0.122. The maximum atomic E-state index is 9.53. The van der Waals surface area contributed by atoms with Crippen LogP contribution >= 0.6 is 0 Å². The van der Waals surface area contributed by atoms with Crippen molar-refractivity contribution < 1.29 is 5.11 Å². The Labute approximate surface area is 63.4 Å². The molecule has 0 radical (unpaired) electrons. The van der Waals surface area contributed by atoms with Gasteiger partial charge in [-0.05, 0) is 30.6 Å². The molecule has 1 fully saturated rings. The molecule has 1 saturated carbocycles. The highest BCUT2D eigenvalue weighted by Crippen LogP contribution is 2.42. The molecule has 1 aliphatic carbocycles. The Morgan fingerprint density at radius 1 is 1.50 bits per heavy atom. The van der Waals surface area contributed by atoms with Crippen molar-refractivity contribution in [3.63, 3.8) is 0 Å². The van der Waals surface area contributed by atoms with Gasteiger partial charge in [0, 0.05) is 0 Å². The van der Waals surface area contributed by atoms with Crippen LogP contribution in [-0.2, 0) is 0 Å². The van der Waals surface area contributed by atoms with Gasteiger partial charge in [0.15, 0.2) is 0 Å². The van der Waals surface area contributed by atoms with E-state index >= 15 is 0 Å². The van der Waals surface area contributed by atoms with E-state index in [4.69, 9.17) is 0 Å². The van der Waals surface area contributed by atoms with E-state index in [1.807, 2.05) is 0 Å². The van der Waals surface area contributed by atoms with Crippen molar-refractivity contribution in [3.8, 4) is 0 Å². The van der Waals surface area contributed by atoms with Crippen LogP contribution in [0.5, 0.6) is 0 Å². The van der Waals surface area contributed by atoms with Crippen molar-refractivity contribution in [3.05, 3.63) is 0 Å². The number of aliphatic hydroxyl groups excluding tert-OH is 1. The molecule has 1 rings (SSSR count). The molecular weight excluding hydrogens is 124 g/mol. The van der Waals surface area contributed by atoms with E-state index in [1.165, 1.54) is 6.42 Å². The molecule has 0 spiro atoms. The monoisotopic (exact) mass is 142 g/mol. The van der Waals surface area contributed by atoms with Gasteiger partial charge in [0.1, 0.15) is 0 Å². The van der Waals surface area contributed by atoms with E-state index < -0.39 is 0 Å². The van der Waals surface area contributed by atoms with Gasteiger partial charge in [-0.1, -0.05) is 20.8 Å². The summed E-state index contributed by atoms with van der Waals surface area (Å²) in [4.78, 5) is 0. The van der Waals surface area contributed by atoms with Crippen molar-refractivity contribution in [2.75, 3.05) is 0 Å². The lowest BCUT2D eigenvalue weighted by Crippen LogP contribution is -2.13. The zero-order valence-electron chi connectivity index (χ0n) is 7.17. The Balaban J connectivity index is 2.16. The van der Waals surface area contributed by atoms with Crippen molar-refractivity contribution in [2.45, 2.75) is 39.7 Å². The quantitative estimate of drug-likeness (QED) is 0.639. The summed E-state index contributed by atoms with van der Waals surface area (Å²) < 4.78 is 0. The van der Waals surface area contributed by atoms with Gasteiger partial charge in [-0.15, -0.1) is 0 Å². The highest BCUT2D eigenvalue weighted by atomic mass is 16.3. The second-order valence-electron chi connectivity index (χ2n) is 4.07. The molecule has 0 bridgehead atoms. The molecule has 1 nitrogen and oxygen atoms in total. The highest BCUT2D eigenvalue weighted by Gasteiger charge is 2.38. The molecule has 60 valence electrons. The van der Waals surface area contributed by atoms with Gasteiger partial charge in [-0.25, -0.2) is 0 Å². The number of hydrogen-bond donors (Lipinski definition) is 1. The third-order valence-corrected chi connectivity index (χ3v) is 2.38. The second-order valence-corrected chi connectivity index (χ2v) is 4.07. The summed E-state index contributed by atoms with van der Waals surface area (Å²) in [5.74, 6) is 2.05. The Bertz CT molecular complexity index is 109. The minimum absolute atomic E-state index is 0.0185. The molecule has 3 atom stereocenters. The Morgan fingerprint density at radius 3 is 2.30 bits per heavy atom. The van der Waals surface area contributed by atoms with E-state index in [1.54, 1.807) is 0 Å². The molecule has 0 amide bonds. The molecule has 0 heterocycles. The van der Waals surface area contributed by atoms with Gasteiger partial charge < -0.3 is 5.11 Å². The highest BCUT2D eigenvalue weighted by molar-refractivity contribution is 4.88. The van der Waals surface area contributed by atoms with Crippen LogP contribution in [0.25, 0.3) is 0 Å². The van der Waals surface area contributed by atoms with Gasteiger partial charge in [0.2, 0.25) is 0 Å². The summed E-state index contributed by atoms with van der Waals surface area (Å²) in [7, 11) is 0. The normalized spacial score (nSPS) is 34.5. The summed E-state index contributed by atoms with van der Waals surface area (Å²) in [6.45, 7) is 6.54. The fourth-order valence-electron chi connectivity index (χ4n) is 1.54. The van der Waals surface area contributed by atoms with Crippen LogP contribution in [0.4, 0.5) is 0 Å². The summed E-state index contributed by atoms with van der Waals surface area (Å²) in [6.07, 6.45) is 2.21. The molecule has 0 aromatic rings. The van der Waals surface area contributed by atoms with Gasteiger partial charge >= 0.3 is 0 Å². The Hall–Kier alpha value is -0.0400. The minimum atomic E-state index is -0.0185. The van der Waals surface area contributed by atoms with Crippen LogP contribution in [-0.4, -0.2) is 11.2 Å². The smallest absolute Gasteiger partial charge is 0.0573 e. The minimum Gasteiger partial charge on any atom is -0.393 e. The molecule has 0 aromatic heterocycles. The van der Waals surface area contributed by atoms with Crippen molar-refractivity contribution in [1.29, 1.82) is 0 Å². The maximum Gasteiger partial charge on any atom is 0.0573 e. The molecule has 0 aliphatic heterocycles. The van der Waals surface area contributed by atoms with Crippen molar-refractivity contribution in [1.82, 2.24) is 0 Å². The average Bonchev–Trinajstić information content (AvgIpc) is 2.44. The maximum absolute atomic E-state index is 9.53. The van der Waals surface area contributed by atoms with Crippen LogP contribution in [0.3, 0.4) is 0 Å². The fraction of sp³-hybridized carbons (Fsp3) is 1.00. The first-order chi connectivity index (χ1) is 4.61. The largest absolute Gasteiger partial charge is 0.393 e. The average molecular weight is 142 g/mol. The van der Waals surface area contributed by atoms with Crippen LogP contribution in [0.2, 0.25) is 0 Å². The van der Waals surface area contributed by atoms with E-state index in [2.05, 4.69) is 20.8 Å². The second kappa shape index (κ2) is 2.91. The lowest BCUT2D eigenvalue weighted by Gasteiger charge is -2.11. The van der Waals surface area contributed by atoms with Gasteiger partial charge in [0.05, 0.1) is 6.10 Å². The van der Waals surface area contributed by atoms with E-state index in [0.29, 0.717) is 11.8 Å². The zero-order chi connectivity index (χ0) is 7.72. The first kappa shape index (κ1) is 8.06. The third kappa shape index (κ3) is 1.98. The summed E-state index contributed by atoms with van der Waals surface area (Å²) >= 11 is 0. The zero-order valence-corrected chi connectivity index (χ0v) is 7.17. The van der Waals surface area contributed by atoms with Crippen molar-refractivity contribution >= 4 is 0 Å². The van der Waals surface area contributed by atoms with E-state index in [-0.39, 0.29) is 6.10 Å². The summed E-state index contributed by atoms with van der Waals surface area (Å²) in [5.41, 5.74) is 0. The number of rotatable bonds is 3. The molecule has 0 saturated heterocycles. The van der Waals surface area contributed by atoms with Crippen LogP contribution < -0.4 is 0 Å². The number of aliphatic hydroxyl groups is 1. The molecule has 10 heavy (non-hydrogen) atoms. The molecule has 1 aliphatic rings. The molecule has 1 heteroatoms.